The van der Waals surface area contributed by atoms with Gasteiger partial charge < -0.3 is 9.64 Å². The number of carbonyl (C=O) groups excluding carboxylic acids is 1. The van der Waals surface area contributed by atoms with Crippen molar-refractivity contribution in [1.29, 1.82) is 0 Å². The summed E-state index contributed by atoms with van der Waals surface area (Å²) >= 11 is 0. The summed E-state index contributed by atoms with van der Waals surface area (Å²) in [5, 5.41) is 7.20. The summed E-state index contributed by atoms with van der Waals surface area (Å²) in [5.41, 5.74) is 2.94. The third-order valence-electron chi connectivity index (χ3n) is 6.19. The van der Waals surface area contributed by atoms with E-state index < -0.39 is 5.60 Å². The van der Waals surface area contributed by atoms with E-state index in [2.05, 4.69) is 32.3 Å². The number of nitrogens with zero attached hydrogens (tertiary/aromatic N) is 5. The van der Waals surface area contributed by atoms with E-state index in [0.717, 1.165) is 42.2 Å². The van der Waals surface area contributed by atoms with E-state index in [9.17, 15) is 4.79 Å². The highest BCUT2D eigenvalue weighted by atomic mass is 16.5. The van der Waals surface area contributed by atoms with Crippen molar-refractivity contribution in [3.8, 4) is 0 Å². The molecule has 0 saturated carbocycles. The maximum absolute atomic E-state index is 12.9. The molecule has 4 heterocycles. The second kappa shape index (κ2) is 8.19. The van der Waals surface area contributed by atoms with Gasteiger partial charge in [-0.15, -0.1) is 0 Å². The molecule has 0 radical (unpaired) electrons. The summed E-state index contributed by atoms with van der Waals surface area (Å²) in [6.45, 7) is 3.87. The fourth-order valence-corrected chi connectivity index (χ4v) is 4.52. The molecule has 31 heavy (non-hydrogen) atoms. The normalized spacial score (nSPS) is 17.5. The van der Waals surface area contributed by atoms with Gasteiger partial charge in [0.25, 0.3) is 0 Å². The lowest BCUT2D eigenvalue weighted by Gasteiger charge is -2.44. The molecule has 2 aliphatic rings. The number of carbonyl (C=O) groups is 1. The number of likely N-dealkylation sites (tertiary alicyclic amines) is 1. The number of nitrogens with one attached hydrogen (secondary N) is 1. The second-order valence-electron chi connectivity index (χ2n) is 8.30. The first kappa shape index (κ1) is 19.8. The lowest BCUT2D eigenvalue weighted by Crippen LogP contribution is -2.49. The monoisotopic (exact) mass is 418 g/mol. The quantitative estimate of drug-likeness (QED) is 0.697. The van der Waals surface area contributed by atoms with Crippen LogP contribution in [0.5, 0.6) is 0 Å². The van der Waals surface area contributed by atoms with E-state index in [1.807, 2.05) is 36.2 Å². The standard InChI is InChI=1S/C23H26N6O2/c1-16-24-15-18-7-12-31-23(22(18)25-16)8-10-29(11-9-23)21(30)14-20-26-19(27-28-20)13-17-5-3-2-4-6-17/h2-6,15H,7-14H2,1H3,(H,26,27,28). The minimum absolute atomic E-state index is 0.0509. The van der Waals surface area contributed by atoms with Crippen LogP contribution in [-0.2, 0) is 34.4 Å². The van der Waals surface area contributed by atoms with E-state index in [4.69, 9.17) is 9.72 Å². The zero-order valence-corrected chi connectivity index (χ0v) is 17.7. The van der Waals surface area contributed by atoms with Crippen molar-refractivity contribution in [3.63, 3.8) is 0 Å². The Kier molecular flexibility index (Phi) is 5.23. The molecule has 1 amide bonds. The van der Waals surface area contributed by atoms with E-state index in [-0.39, 0.29) is 12.3 Å². The Balaban J connectivity index is 1.21. The van der Waals surface area contributed by atoms with Crippen molar-refractivity contribution >= 4 is 5.91 Å². The Hall–Kier alpha value is -3.13. The average Bonchev–Trinajstić information content (AvgIpc) is 3.22. The highest BCUT2D eigenvalue weighted by molar-refractivity contribution is 5.78. The van der Waals surface area contributed by atoms with Gasteiger partial charge in [0.05, 0.1) is 18.7 Å². The van der Waals surface area contributed by atoms with Gasteiger partial charge in [-0.2, -0.15) is 5.10 Å². The molecule has 2 aliphatic heterocycles. The minimum Gasteiger partial charge on any atom is -0.368 e. The Morgan fingerprint density at radius 2 is 2.00 bits per heavy atom. The van der Waals surface area contributed by atoms with Crippen LogP contribution in [0.25, 0.3) is 0 Å². The van der Waals surface area contributed by atoms with Gasteiger partial charge in [-0.1, -0.05) is 30.3 Å². The minimum atomic E-state index is -0.397. The Morgan fingerprint density at radius 3 is 2.81 bits per heavy atom. The predicted molar refractivity (Wildman–Crippen MR) is 113 cm³/mol. The molecule has 0 atom stereocenters. The van der Waals surface area contributed by atoms with Crippen LogP contribution in [0.1, 0.15) is 47.1 Å². The SMILES string of the molecule is Cc1ncc2c(n1)C1(CCN(C(=O)Cc3n[nH]c(Cc4ccccc4)n3)CC1)OCC2. The van der Waals surface area contributed by atoms with Gasteiger partial charge in [0.1, 0.15) is 17.2 Å². The topological polar surface area (TPSA) is 96.9 Å². The summed E-state index contributed by atoms with van der Waals surface area (Å²) in [5.74, 6) is 2.13. The van der Waals surface area contributed by atoms with Gasteiger partial charge in [-0.25, -0.2) is 15.0 Å². The molecule has 3 aromatic rings. The van der Waals surface area contributed by atoms with Crippen molar-refractivity contribution in [2.75, 3.05) is 19.7 Å². The lowest BCUT2D eigenvalue weighted by atomic mass is 9.83. The molecular formula is C23H26N6O2. The third-order valence-corrected chi connectivity index (χ3v) is 6.19. The first-order valence-corrected chi connectivity index (χ1v) is 10.8. The van der Waals surface area contributed by atoms with Gasteiger partial charge in [0, 0.05) is 25.7 Å². The van der Waals surface area contributed by atoms with Crippen molar-refractivity contribution < 1.29 is 9.53 Å². The predicted octanol–water partition coefficient (Wildman–Crippen LogP) is 2.13. The van der Waals surface area contributed by atoms with Crippen LogP contribution in [0, 0.1) is 6.92 Å². The number of aryl methyl sites for hydroxylation is 1. The number of H-pyrrole nitrogens is 1. The highest BCUT2D eigenvalue weighted by Gasteiger charge is 2.43. The molecule has 2 aromatic heterocycles. The van der Waals surface area contributed by atoms with E-state index >= 15 is 0 Å². The summed E-state index contributed by atoms with van der Waals surface area (Å²) in [7, 11) is 0. The first-order valence-electron chi connectivity index (χ1n) is 10.8. The smallest absolute Gasteiger partial charge is 0.230 e. The van der Waals surface area contributed by atoms with Crippen LogP contribution in [0.2, 0.25) is 0 Å². The molecule has 8 nitrogen and oxygen atoms in total. The molecule has 1 fully saturated rings. The number of aromatic amines is 1. The van der Waals surface area contributed by atoms with Crippen molar-refractivity contribution in [2.45, 2.75) is 44.6 Å². The molecule has 5 rings (SSSR count). The Morgan fingerprint density at radius 1 is 1.19 bits per heavy atom. The third kappa shape index (κ3) is 4.07. The lowest BCUT2D eigenvalue weighted by molar-refractivity contribution is -0.140. The van der Waals surface area contributed by atoms with Crippen LogP contribution in [-0.4, -0.2) is 55.7 Å². The number of fused-ring (bicyclic) bond motifs is 2. The van der Waals surface area contributed by atoms with Crippen LogP contribution < -0.4 is 0 Å². The van der Waals surface area contributed by atoms with Gasteiger partial charge in [-0.05, 0) is 37.3 Å². The number of ether oxygens (including phenoxy) is 1. The molecule has 0 aliphatic carbocycles. The largest absolute Gasteiger partial charge is 0.368 e. The van der Waals surface area contributed by atoms with Gasteiger partial charge >= 0.3 is 0 Å². The molecule has 1 N–H and O–H groups in total. The first-order chi connectivity index (χ1) is 15.1. The molecule has 160 valence electrons. The second-order valence-corrected chi connectivity index (χ2v) is 8.30. The molecule has 0 bridgehead atoms. The summed E-state index contributed by atoms with van der Waals surface area (Å²) < 4.78 is 6.24. The fraction of sp³-hybridized carbons (Fsp3) is 0.435. The highest BCUT2D eigenvalue weighted by Crippen LogP contribution is 2.40. The Bertz CT molecular complexity index is 1070. The number of aromatic nitrogens is 5. The van der Waals surface area contributed by atoms with Crippen LogP contribution in [0.15, 0.2) is 36.5 Å². The number of benzene rings is 1. The molecule has 1 saturated heterocycles. The molecule has 0 unspecified atom stereocenters. The molecule has 1 aromatic carbocycles. The average molecular weight is 419 g/mol. The summed E-state index contributed by atoms with van der Waals surface area (Å²) in [4.78, 5) is 28.3. The fourth-order valence-electron chi connectivity index (χ4n) is 4.52. The number of hydrogen-bond acceptors (Lipinski definition) is 6. The maximum Gasteiger partial charge on any atom is 0.230 e. The van der Waals surface area contributed by atoms with E-state index in [1.165, 1.54) is 5.56 Å². The van der Waals surface area contributed by atoms with Crippen molar-refractivity contribution in [1.82, 2.24) is 30.0 Å². The van der Waals surface area contributed by atoms with Crippen LogP contribution in [0.4, 0.5) is 0 Å². The van der Waals surface area contributed by atoms with Crippen molar-refractivity contribution in [2.24, 2.45) is 0 Å². The maximum atomic E-state index is 12.9. The number of rotatable bonds is 4. The van der Waals surface area contributed by atoms with Crippen LogP contribution in [0.3, 0.4) is 0 Å². The Labute approximate surface area is 181 Å². The number of piperidine rings is 1. The summed E-state index contributed by atoms with van der Waals surface area (Å²) in [6.07, 6.45) is 5.14. The number of amides is 1. The zero-order chi connectivity index (χ0) is 21.3. The molecular weight excluding hydrogens is 392 g/mol. The van der Waals surface area contributed by atoms with Gasteiger partial charge in [-0.3, -0.25) is 9.89 Å². The zero-order valence-electron chi connectivity index (χ0n) is 17.7. The molecule has 8 heteroatoms. The van der Waals surface area contributed by atoms with Crippen LogP contribution >= 0.6 is 0 Å². The number of hydrogen-bond donors (Lipinski definition) is 1. The van der Waals surface area contributed by atoms with Crippen molar-refractivity contribution in [3.05, 3.63) is 70.8 Å². The van der Waals surface area contributed by atoms with E-state index in [1.54, 1.807) is 0 Å². The van der Waals surface area contributed by atoms with E-state index in [0.29, 0.717) is 31.9 Å². The molecule has 1 spiro atoms. The van der Waals surface area contributed by atoms with Gasteiger partial charge in [0.15, 0.2) is 5.82 Å². The van der Waals surface area contributed by atoms with Gasteiger partial charge in [0.2, 0.25) is 5.91 Å². The summed E-state index contributed by atoms with van der Waals surface area (Å²) in [6, 6.07) is 10.1.